The smallest absolute Gasteiger partial charge is 0.246 e. The van der Waals surface area contributed by atoms with Crippen molar-refractivity contribution in [2.75, 3.05) is 39.5 Å². The van der Waals surface area contributed by atoms with Crippen molar-refractivity contribution < 1.29 is 27.5 Å². The van der Waals surface area contributed by atoms with E-state index in [9.17, 15) is 14.0 Å². The highest BCUT2D eigenvalue weighted by Crippen LogP contribution is 2.48. The van der Waals surface area contributed by atoms with Crippen LogP contribution < -0.4 is 10.5 Å². The van der Waals surface area contributed by atoms with E-state index >= 15 is 8.78 Å². The van der Waals surface area contributed by atoms with E-state index in [1.165, 1.54) is 11.5 Å². The van der Waals surface area contributed by atoms with Gasteiger partial charge in [0, 0.05) is 91.0 Å². The van der Waals surface area contributed by atoms with Gasteiger partial charge in [-0.15, -0.1) is 11.3 Å². The number of fused-ring (bicyclic) bond motifs is 2. The van der Waals surface area contributed by atoms with Gasteiger partial charge in [-0.3, -0.25) is 19.3 Å². The molecule has 0 spiro atoms. The van der Waals surface area contributed by atoms with Crippen molar-refractivity contribution in [2.24, 2.45) is 10.9 Å². The lowest BCUT2D eigenvalue weighted by Crippen LogP contribution is -2.40. The van der Waals surface area contributed by atoms with Gasteiger partial charge in [-0.2, -0.15) is 5.10 Å². The Balaban J connectivity index is 1.48. The number of carbonyl (C=O) groups excluding carboxylic acids is 2. The number of hydrogen-bond donors (Lipinski definition) is 1. The van der Waals surface area contributed by atoms with Gasteiger partial charge in [-0.05, 0) is 25.1 Å². The number of benzene rings is 2. The third-order valence-corrected chi connectivity index (χ3v) is 10.4. The van der Waals surface area contributed by atoms with Crippen LogP contribution in [0.15, 0.2) is 59.4 Å². The zero-order chi connectivity index (χ0) is 36.1. The van der Waals surface area contributed by atoms with E-state index in [4.69, 9.17) is 20.6 Å². The molecule has 14 heteroatoms. The van der Waals surface area contributed by atoms with Gasteiger partial charge in [0.15, 0.2) is 0 Å². The van der Waals surface area contributed by atoms with E-state index < -0.39 is 23.5 Å². The molecular weight excluding hydrogens is 680 g/mol. The molecule has 1 saturated heterocycles. The number of nitrogens with zero attached hydrogens (tertiary/aromatic N) is 6. The molecule has 2 aliphatic rings. The molecule has 51 heavy (non-hydrogen) atoms. The molecular formula is C37H34F3N7O3S. The number of nitrogens with two attached hydrogens (primary N) is 1. The largest absolute Gasteiger partial charge is 0.492 e. The Morgan fingerprint density at radius 1 is 1.14 bits per heavy atom. The first kappa shape index (κ1) is 34.0. The normalized spacial score (nSPS) is 17.5. The summed E-state index contributed by atoms with van der Waals surface area (Å²) in [5.74, 6) is -3.18. The van der Waals surface area contributed by atoms with Gasteiger partial charge in [0.2, 0.25) is 11.8 Å². The van der Waals surface area contributed by atoms with Crippen LogP contribution in [-0.4, -0.2) is 76.4 Å². The summed E-state index contributed by atoms with van der Waals surface area (Å²) in [5, 5.41) is 6.20. The molecule has 2 atom stereocenters. The van der Waals surface area contributed by atoms with Crippen molar-refractivity contribution >= 4 is 45.1 Å². The number of anilines is 1. The van der Waals surface area contributed by atoms with Crippen molar-refractivity contribution in [1.82, 2.24) is 24.6 Å². The van der Waals surface area contributed by atoms with E-state index in [0.717, 1.165) is 23.5 Å². The van der Waals surface area contributed by atoms with Gasteiger partial charge < -0.3 is 20.3 Å². The minimum Gasteiger partial charge on any atom is -0.492 e. The zero-order valence-electron chi connectivity index (χ0n) is 28.1. The SMILES string of the molecule is C=CC(=O)N1CCn2nc(-c3nc(-c4ccc(C=NC)c(N)c4)c4scc(F)c4c3-c3c(F)cc(F)cc3OC[C@@H]3CC(=O)N(C)C3)cc2[C@H]1C. The van der Waals surface area contributed by atoms with Crippen LogP contribution >= 0.6 is 11.3 Å². The summed E-state index contributed by atoms with van der Waals surface area (Å²) in [6, 6.07) is 8.42. The molecule has 2 aliphatic heterocycles. The third-order valence-electron chi connectivity index (χ3n) is 9.42. The van der Waals surface area contributed by atoms with Gasteiger partial charge in [0.1, 0.15) is 34.6 Å². The van der Waals surface area contributed by atoms with Crippen LogP contribution in [0.2, 0.25) is 0 Å². The molecule has 3 aromatic heterocycles. The lowest BCUT2D eigenvalue weighted by molar-refractivity contribution is -0.129. The fourth-order valence-electron chi connectivity index (χ4n) is 6.90. The van der Waals surface area contributed by atoms with Crippen LogP contribution in [0, 0.1) is 23.4 Å². The van der Waals surface area contributed by atoms with Crippen molar-refractivity contribution in [3.8, 4) is 39.5 Å². The summed E-state index contributed by atoms with van der Waals surface area (Å²) in [5.41, 5.74) is 9.37. The van der Waals surface area contributed by atoms with Crippen LogP contribution in [0.4, 0.5) is 18.9 Å². The second kappa shape index (κ2) is 13.3. The fourth-order valence-corrected chi connectivity index (χ4v) is 7.83. The molecule has 5 heterocycles. The monoisotopic (exact) mass is 713 g/mol. The average molecular weight is 714 g/mol. The highest BCUT2D eigenvalue weighted by atomic mass is 32.1. The quantitative estimate of drug-likeness (QED) is 0.112. The van der Waals surface area contributed by atoms with Crippen molar-refractivity contribution in [3.63, 3.8) is 0 Å². The molecule has 5 aromatic rings. The maximum Gasteiger partial charge on any atom is 0.246 e. The van der Waals surface area contributed by atoms with Gasteiger partial charge in [-0.25, -0.2) is 18.2 Å². The standard InChI is InChI=1S/C37H34F3N7O3S/c1-5-30(48)46-8-9-47-28(19(46)2)14-27(44-47)36-34(32-24(39)12-23(38)13-29(32)50-17-20-10-31(49)45(4)16-20)33-25(40)18-51-37(33)35(43-36)21-6-7-22(15-42-3)26(41)11-21/h5-7,11-15,18-20H,1,8-10,16-17,41H2,2-4H3/t19-,20-/m1/s1. The molecule has 10 nitrogen and oxygen atoms in total. The van der Waals surface area contributed by atoms with E-state index in [1.54, 1.807) is 59.1 Å². The van der Waals surface area contributed by atoms with Crippen LogP contribution in [0.25, 0.3) is 43.9 Å². The van der Waals surface area contributed by atoms with Crippen molar-refractivity contribution in [3.05, 3.63) is 83.1 Å². The predicted octanol–water partition coefficient (Wildman–Crippen LogP) is 6.49. The highest BCUT2D eigenvalue weighted by Gasteiger charge is 2.33. The molecule has 2 N–H and O–H groups in total. The van der Waals surface area contributed by atoms with Gasteiger partial charge in [-0.1, -0.05) is 18.7 Å². The first-order chi connectivity index (χ1) is 24.5. The minimum absolute atomic E-state index is 0.00176. The second-order valence-corrected chi connectivity index (χ2v) is 13.6. The van der Waals surface area contributed by atoms with Gasteiger partial charge >= 0.3 is 0 Å². The number of carbonyl (C=O) groups is 2. The molecule has 2 aromatic carbocycles. The fraction of sp³-hybridized carbons (Fsp3) is 0.270. The number of halogens is 3. The number of rotatable bonds is 8. The Kier molecular flexibility index (Phi) is 8.87. The predicted molar refractivity (Wildman–Crippen MR) is 191 cm³/mol. The molecule has 2 amide bonds. The lowest BCUT2D eigenvalue weighted by atomic mass is 9.94. The summed E-state index contributed by atoms with van der Waals surface area (Å²) in [4.78, 5) is 37.2. The van der Waals surface area contributed by atoms with Gasteiger partial charge in [0.25, 0.3) is 0 Å². The molecule has 0 unspecified atom stereocenters. The Morgan fingerprint density at radius 2 is 1.94 bits per heavy atom. The Bertz CT molecular complexity index is 2270. The number of aromatic nitrogens is 3. The third kappa shape index (κ3) is 6.03. The summed E-state index contributed by atoms with van der Waals surface area (Å²) >= 11 is 1.09. The van der Waals surface area contributed by atoms with Crippen LogP contribution in [0.3, 0.4) is 0 Å². The van der Waals surface area contributed by atoms with Crippen molar-refractivity contribution in [2.45, 2.75) is 25.9 Å². The minimum atomic E-state index is -0.986. The Hall–Kier alpha value is -5.50. The number of hydrogen-bond acceptors (Lipinski definition) is 8. The van der Waals surface area contributed by atoms with Gasteiger partial charge in [0.05, 0.1) is 40.8 Å². The number of nitrogen functional groups attached to an aromatic ring is 1. The van der Waals surface area contributed by atoms with Crippen molar-refractivity contribution in [1.29, 1.82) is 0 Å². The molecule has 7 rings (SSSR count). The molecule has 0 bridgehead atoms. The number of aliphatic imine (C=N–C) groups is 1. The first-order valence-electron chi connectivity index (χ1n) is 16.3. The first-order valence-corrected chi connectivity index (χ1v) is 17.2. The number of likely N-dealkylation sites (tertiary alicyclic amines) is 1. The topological polar surface area (TPSA) is 119 Å². The summed E-state index contributed by atoms with van der Waals surface area (Å²) < 4.78 is 55.7. The highest BCUT2D eigenvalue weighted by molar-refractivity contribution is 7.17. The Morgan fingerprint density at radius 3 is 2.65 bits per heavy atom. The van der Waals surface area contributed by atoms with E-state index in [-0.39, 0.29) is 64.4 Å². The molecule has 0 saturated carbocycles. The summed E-state index contributed by atoms with van der Waals surface area (Å²) in [6.07, 6.45) is 3.10. The van der Waals surface area contributed by atoms with E-state index in [2.05, 4.69) is 11.6 Å². The number of pyridine rings is 1. The summed E-state index contributed by atoms with van der Waals surface area (Å²) in [7, 11) is 3.32. The number of ether oxygens (including phenoxy) is 1. The zero-order valence-corrected chi connectivity index (χ0v) is 28.9. The summed E-state index contributed by atoms with van der Waals surface area (Å²) in [6.45, 7) is 6.64. The number of amides is 2. The average Bonchev–Trinajstić information content (AvgIpc) is 3.80. The Labute approximate surface area is 295 Å². The van der Waals surface area contributed by atoms with E-state index in [0.29, 0.717) is 52.5 Å². The lowest BCUT2D eigenvalue weighted by Gasteiger charge is -2.33. The van der Waals surface area contributed by atoms with Crippen LogP contribution in [0.1, 0.15) is 30.6 Å². The maximum atomic E-state index is 16.3. The number of thiophene rings is 1. The molecule has 262 valence electrons. The van der Waals surface area contributed by atoms with E-state index in [1.807, 2.05) is 6.92 Å². The van der Waals surface area contributed by atoms with Crippen LogP contribution in [0.5, 0.6) is 5.75 Å². The maximum absolute atomic E-state index is 16.3. The molecule has 0 aliphatic carbocycles. The molecule has 0 radical (unpaired) electrons. The second-order valence-electron chi connectivity index (χ2n) is 12.7. The molecule has 1 fully saturated rings. The van der Waals surface area contributed by atoms with Crippen LogP contribution in [-0.2, 0) is 16.1 Å².